The van der Waals surface area contributed by atoms with E-state index >= 15 is 0 Å². The number of benzene rings is 1. The van der Waals surface area contributed by atoms with Crippen LogP contribution < -0.4 is 10.6 Å². The van der Waals surface area contributed by atoms with Crippen LogP contribution in [-0.4, -0.2) is 49.0 Å². The molecule has 150 valence electrons. The highest BCUT2D eigenvalue weighted by Gasteiger charge is 2.28. The standard InChI is InChI=1S/C21H33ClN4O/c1-5-16(17-7-9-18(22)10-8-17)13-24-21(23-6-2)25-19-11-12-26(14-19)20(27)15(3)4/h7-10,15-16,19H,5-6,11-14H2,1-4H3,(H2,23,24,25). The fraction of sp³-hybridized carbons (Fsp3) is 0.619. The second kappa shape index (κ2) is 10.5. The van der Waals surface area contributed by atoms with Gasteiger partial charge in [-0.15, -0.1) is 0 Å². The first-order valence-electron chi connectivity index (χ1n) is 10.0. The molecule has 6 heteroatoms. The molecule has 1 aliphatic heterocycles. The lowest BCUT2D eigenvalue weighted by Gasteiger charge is -2.21. The molecule has 0 saturated carbocycles. The van der Waals surface area contributed by atoms with Crippen molar-refractivity contribution >= 4 is 23.5 Å². The minimum Gasteiger partial charge on any atom is -0.357 e. The van der Waals surface area contributed by atoms with Crippen LogP contribution in [0, 0.1) is 5.92 Å². The summed E-state index contributed by atoms with van der Waals surface area (Å²) >= 11 is 6.00. The van der Waals surface area contributed by atoms with Gasteiger partial charge in [0.1, 0.15) is 0 Å². The third-order valence-corrected chi connectivity index (χ3v) is 5.23. The zero-order chi connectivity index (χ0) is 19.8. The lowest BCUT2D eigenvalue weighted by atomic mass is 9.97. The molecule has 2 atom stereocenters. The lowest BCUT2D eigenvalue weighted by molar-refractivity contribution is -0.133. The summed E-state index contributed by atoms with van der Waals surface area (Å²) in [5.74, 6) is 1.47. The molecule has 1 fully saturated rings. The minimum atomic E-state index is 0.0512. The van der Waals surface area contributed by atoms with Gasteiger partial charge in [0.25, 0.3) is 0 Å². The maximum atomic E-state index is 12.2. The van der Waals surface area contributed by atoms with Gasteiger partial charge in [-0.2, -0.15) is 0 Å². The van der Waals surface area contributed by atoms with E-state index in [9.17, 15) is 4.79 Å². The highest BCUT2D eigenvalue weighted by Crippen LogP contribution is 2.22. The summed E-state index contributed by atoms with van der Waals surface area (Å²) in [5, 5.41) is 7.59. The Bertz CT molecular complexity index is 630. The van der Waals surface area contributed by atoms with Crippen molar-refractivity contribution in [1.82, 2.24) is 15.5 Å². The van der Waals surface area contributed by atoms with Gasteiger partial charge < -0.3 is 15.5 Å². The molecule has 2 unspecified atom stereocenters. The summed E-state index contributed by atoms with van der Waals surface area (Å²) in [6.07, 6.45) is 1.97. The normalized spacial score (nSPS) is 18.7. The summed E-state index contributed by atoms with van der Waals surface area (Å²) in [7, 11) is 0. The molecular weight excluding hydrogens is 360 g/mol. The monoisotopic (exact) mass is 392 g/mol. The van der Waals surface area contributed by atoms with E-state index in [-0.39, 0.29) is 17.9 Å². The molecule has 0 aromatic heterocycles. The summed E-state index contributed by atoms with van der Waals surface area (Å²) in [4.78, 5) is 18.9. The number of halogens is 1. The van der Waals surface area contributed by atoms with Crippen LogP contribution in [0.2, 0.25) is 5.02 Å². The Morgan fingerprint density at radius 2 is 2.00 bits per heavy atom. The predicted molar refractivity (Wildman–Crippen MR) is 113 cm³/mol. The van der Waals surface area contributed by atoms with E-state index in [4.69, 9.17) is 16.6 Å². The SMILES string of the molecule is CCNC(=NCC(CC)c1ccc(Cl)cc1)NC1CCN(C(=O)C(C)C)C1. The first-order valence-corrected chi connectivity index (χ1v) is 10.4. The largest absolute Gasteiger partial charge is 0.357 e. The average Bonchev–Trinajstić information content (AvgIpc) is 3.11. The van der Waals surface area contributed by atoms with Crippen molar-refractivity contribution in [1.29, 1.82) is 0 Å². The molecule has 5 nitrogen and oxygen atoms in total. The summed E-state index contributed by atoms with van der Waals surface area (Å²) < 4.78 is 0. The van der Waals surface area contributed by atoms with Crippen molar-refractivity contribution in [2.75, 3.05) is 26.2 Å². The van der Waals surface area contributed by atoms with Crippen molar-refractivity contribution in [2.45, 2.75) is 52.5 Å². The van der Waals surface area contributed by atoms with Gasteiger partial charge >= 0.3 is 0 Å². The third-order valence-electron chi connectivity index (χ3n) is 4.98. The number of carbonyl (C=O) groups excluding carboxylic acids is 1. The van der Waals surface area contributed by atoms with E-state index in [0.29, 0.717) is 5.92 Å². The van der Waals surface area contributed by atoms with Crippen LogP contribution in [0.1, 0.15) is 52.0 Å². The van der Waals surface area contributed by atoms with Crippen molar-refractivity contribution in [3.05, 3.63) is 34.9 Å². The molecule has 1 aromatic rings. The molecule has 27 heavy (non-hydrogen) atoms. The van der Waals surface area contributed by atoms with Gasteiger partial charge in [-0.3, -0.25) is 9.79 Å². The van der Waals surface area contributed by atoms with E-state index in [0.717, 1.165) is 50.0 Å². The van der Waals surface area contributed by atoms with Gasteiger partial charge in [0.15, 0.2) is 5.96 Å². The topological polar surface area (TPSA) is 56.7 Å². The van der Waals surface area contributed by atoms with Crippen LogP contribution in [0.25, 0.3) is 0 Å². The Morgan fingerprint density at radius 1 is 1.30 bits per heavy atom. The van der Waals surface area contributed by atoms with Gasteiger partial charge in [0.05, 0.1) is 0 Å². The molecule has 1 saturated heterocycles. The Morgan fingerprint density at radius 3 is 2.59 bits per heavy atom. The number of carbonyl (C=O) groups is 1. The lowest BCUT2D eigenvalue weighted by Crippen LogP contribution is -2.45. The number of likely N-dealkylation sites (tertiary alicyclic amines) is 1. The molecule has 2 rings (SSSR count). The van der Waals surface area contributed by atoms with Crippen molar-refractivity contribution in [3.63, 3.8) is 0 Å². The highest BCUT2D eigenvalue weighted by molar-refractivity contribution is 6.30. The summed E-state index contributed by atoms with van der Waals surface area (Å²) in [6, 6.07) is 8.29. The average molecular weight is 393 g/mol. The molecular formula is C21H33ClN4O. The molecule has 0 bridgehead atoms. The van der Waals surface area contributed by atoms with Crippen molar-refractivity contribution < 1.29 is 4.79 Å². The number of amides is 1. The van der Waals surface area contributed by atoms with E-state index in [1.165, 1.54) is 5.56 Å². The zero-order valence-electron chi connectivity index (χ0n) is 17.0. The fourth-order valence-electron chi connectivity index (χ4n) is 3.36. The molecule has 2 N–H and O–H groups in total. The van der Waals surface area contributed by atoms with Crippen LogP contribution >= 0.6 is 11.6 Å². The highest BCUT2D eigenvalue weighted by atomic mass is 35.5. The summed E-state index contributed by atoms with van der Waals surface area (Å²) in [6.45, 7) is 11.2. The van der Waals surface area contributed by atoms with Crippen molar-refractivity contribution in [2.24, 2.45) is 10.9 Å². The number of nitrogens with zero attached hydrogens (tertiary/aromatic N) is 2. The maximum Gasteiger partial charge on any atom is 0.225 e. The molecule has 1 heterocycles. The number of nitrogens with one attached hydrogen (secondary N) is 2. The quantitative estimate of drug-likeness (QED) is 0.550. The van der Waals surface area contributed by atoms with Gasteiger partial charge in [0.2, 0.25) is 5.91 Å². The van der Waals surface area contributed by atoms with E-state index in [1.54, 1.807) is 0 Å². The molecule has 1 aromatic carbocycles. The van der Waals surface area contributed by atoms with E-state index < -0.39 is 0 Å². The second-order valence-corrected chi connectivity index (χ2v) is 7.88. The smallest absolute Gasteiger partial charge is 0.225 e. The van der Waals surface area contributed by atoms with Crippen molar-refractivity contribution in [3.8, 4) is 0 Å². The third kappa shape index (κ3) is 6.42. The van der Waals surface area contributed by atoms with Gasteiger partial charge in [-0.05, 0) is 37.5 Å². The van der Waals surface area contributed by atoms with E-state index in [2.05, 4.69) is 36.6 Å². The first kappa shape index (κ1) is 21.5. The Hall–Kier alpha value is -1.75. The predicted octanol–water partition coefficient (Wildman–Crippen LogP) is 3.65. The van der Waals surface area contributed by atoms with Crippen LogP contribution in [0.5, 0.6) is 0 Å². The maximum absolute atomic E-state index is 12.2. The Labute approximate surface area is 168 Å². The Balaban J connectivity index is 1.97. The first-order chi connectivity index (χ1) is 12.9. The van der Waals surface area contributed by atoms with Gasteiger partial charge in [-0.1, -0.05) is 44.5 Å². The zero-order valence-corrected chi connectivity index (χ0v) is 17.7. The number of hydrogen-bond acceptors (Lipinski definition) is 2. The molecule has 0 aliphatic carbocycles. The van der Waals surface area contributed by atoms with Crippen LogP contribution in [0.3, 0.4) is 0 Å². The molecule has 0 radical (unpaired) electrons. The Kier molecular flexibility index (Phi) is 8.42. The van der Waals surface area contributed by atoms with Crippen LogP contribution in [-0.2, 0) is 4.79 Å². The van der Waals surface area contributed by atoms with Gasteiger partial charge in [0, 0.05) is 49.1 Å². The molecule has 1 aliphatic rings. The van der Waals surface area contributed by atoms with Gasteiger partial charge in [-0.25, -0.2) is 0 Å². The minimum absolute atomic E-state index is 0.0512. The number of aliphatic imine (C=N–C) groups is 1. The number of hydrogen-bond donors (Lipinski definition) is 2. The number of rotatable bonds is 7. The molecule has 0 spiro atoms. The number of guanidine groups is 1. The van der Waals surface area contributed by atoms with Crippen LogP contribution in [0.15, 0.2) is 29.3 Å². The van der Waals surface area contributed by atoms with E-state index in [1.807, 2.05) is 30.9 Å². The molecule has 1 amide bonds. The second-order valence-electron chi connectivity index (χ2n) is 7.45. The summed E-state index contributed by atoms with van der Waals surface area (Å²) in [5.41, 5.74) is 1.26. The van der Waals surface area contributed by atoms with Crippen LogP contribution in [0.4, 0.5) is 0 Å². The fourth-order valence-corrected chi connectivity index (χ4v) is 3.49.